The molecule has 0 heterocycles. The van der Waals surface area contributed by atoms with Crippen LogP contribution in [0.25, 0.3) is 0 Å². The fraction of sp³-hybridized carbons (Fsp3) is 0.462. The van der Waals surface area contributed by atoms with Gasteiger partial charge in [0.2, 0.25) is 0 Å². The van der Waals surface area contributed by atoms with Gasteiger partial charge in [0.05, 0.1) is 9.95 Å². The van der Waals surface area contributed by atoms with Gasteiger partial charge in [-0.2, -0.15) is 0 Å². The maximum absolute atomic E-state index is 12.0. The Labute approximate surface area is 126 Å². The Balaban J connectivity index is 2.15. The highest BCUT2D eigenvalue weighted by atomic mass is 35.5. The smallest absolute Gasteiger partial charge is 0.290 e. The Morgan fingerprint density at radius 1 is 1.45 bits per heavy atom. The van der Waals surface area contributed by atoms with Gasteiger partial charge in [0.1, 0.15) is 5.02 Å². The third-order valence-electron chi connectivity index (χ3n) is 3.70. The first-order chi connectivity index (χ1) is 9.32. The van der Waals surface area contributed by atoms with Crippen molar-refractivity contribution in [1.82, 2.24) is 5.32 Å². The molecule has 1 aliphatic rings. The molecular weight excluding hydrogens is 303 g/mol. The van der Waals surface area contributed by atoms with E-state index in [4.69, 9.17) is 23.2 Å². The molecule has 1 aliphatic carbocycles. The van der Waals surface area contributed by atoms with Crippen LogP contribution < -0.4 is 5.32 Å². The van der Waals surface area contributed by atoms with E-state index < -0.39 is 4.92 Å². The molecule has 1 aromatic carbocycles. The fourth-order valence-corrected chi connectivity index (χ4v) is 2.58. The van der Waals surface area contributed by atoms with Crippen LogP contribution in [0.5, 0.6) is 0 Å². The molecule has 108 valence electrons. The minimum absolute atomic E-state index is 0.000808. The maximum atomic E-state index is 12.0. The van der Waals surface area contributed by atoms with E-state index in [1.165, 1.54) is 12.5 Å². The van der Waals surface area contributed by atoms with Crippen LogP contribution in [-0.4, -0.2) is 17.4 Å². The highest BCUT2D eigenvalue weighted by Gasteiger charge is 2.32. The summed E-state index contributed by atoms with van der Waals surface area (Å²) < 4.78 is 0. The van der Waals surface area contributed by atoms with Gasteiger partial charge in [-0.15, -0.1) is 0 Å². The van der Waals surface area contributed by atoms with Crippen LogP contribution in [0.4, 0.5) is 5.69 Å². The molecule has 1 saturated carbocycles. The Bertz CT molecular complexity index is 571. The molecule has 1 N–H and O–H groups in total. The highest BCUT2D eigenvalue weighted by Crippen LogP contribution is 2.39. The lowest BCUT2D eigenvalue weighted by molar-refractivity contribution is -0.384. The lowest BCUT2D eigenvalue weighted by atomic mass is 9.70. The van der Waals surface area contributed by atoms with E-state index in [1.807, 2.05) is 0 Å². The van der Waals surface area contributed by atoms with Gasteiger partial charge in [0.15, 0.2) is 0 Å². The molecule has 0 spiro atoms. The number of nitrogens with zero attached hydrogens (tertiary/aromatic N) is 1. The number of benzene rings is 1. The zero-order chi connectivity index (χ0) is 14.9. The Morgan fingerprint density at radius 2 is 2.10 bits per heavy atom. The normalized spacial score (nSPS) is 16.4. The van der Waals surface area contributed by atoms with Gasteiger partial charge in [-0.3, -0.25) is 14.9 Å². The van der Waals surface area contributed by atoms with E-state index in [-0.39, 0.29) is 32.6 Å². The van der Waals surface area contributed by atoms with E-state index in [2.05, 4.69) is 12.2 Å². The van der Waals surface area contributed by atoms with Crippen LogP contribution in [0.15, 0.2) is 12.1 Å². The summed E-state index contributed by atoms with van der Waals surface area (Å²) in [5.41, 5.74) is -0.0779. The van der Waals surface area contributed by atoms with Gasteiger partial charge in [-0.1, -0.05) is 36.5 Å². The summed E-state index contributed by atoms with van der Waals surface area (Å²) in [6, 6.07) is 2.49. The number of halogens is 2. The minimum atomic E-state index is -0.655. The van der Waals surface area contributed by atoms with Crippen molar-refractivity contribution in [3.63, 3.8) is 0 Å². The van der Waals surface area contributed by atoms with E-state index in [1.54, 1.807) is 0 Å². The number of hydrogen-bond acceptors (Lipinski definition) is 3. The van der Waals surface area contributed by atoms with Crippen molar-refractivity contribution in [2.45, 2.75) is 26.2 Å². The Kier molecular flexibility index (Phi) is 4.20. The van der Waals surface area contributed by atoms with Gasteiger partial charge < -0.3 is 5.32 Å². The number of rotatable bonds is 4. The van der Waals surface area contributed by atoms with Crippen LogP contribution >= 0.6 is 23.2 Å². The fourth-order valence-electron chi connectivity index (χ4n) is 2.19. The van der Waals surface area contributed by atoms with Gasteiger partial charge in [0.25, 0.3) is 11.6 Å². The second-order valence-corrected chi connectivity index (χ2v) is 6.18. The second kappa shape index (κ2) is 5.58. The molecule has 20 heavy (non-hydrogen) atoms. The summed E-state index contributed by atoms with van der Waals surface area (Å²) in [7, 11) is 0. The standard InChI is InChI=1S/C13H14Cl2N2O3/c1-13(3-2-4-13)7-16-12(18)8-5-9(14)11(15)10(6-8)17(19)20/h5-6H,2-4,7H2,1H3,(H,16,18). The zero-order valence-electron chi connectivity index (χ0n) is 10.9. The topological polar surface area (TPSA) is 72.2 Å². The van der Waals surface area contributed by atoms with Crippen molar-refractivity contribution in [1.29, 1.82) is 0 Å². The average molecular weight is 317 g/mol. The SMILES string of the molecule is CC1(CNC(=O)c2cc(Cl)c(Cl)c([N+](=O)[O-])c2)CCC1. The van der Waals surface area contributed by atoms with Crippen molar-refractivity contribution in [2.24, 2.45) is 5.41 Å². The monoisotopic (exact) mass is 316 g/mol. The zero-order valence-corrected chi connectivity index (χ0v) is 12.4. The number of nitro benzene ring substituents is 1. The molecule has 2 rings (SSSR count). The molecule has 7 heteroatoms. The molecular formula is C13H14Cl2N2O3. The Hall–Kier alpha value is -1.33. The molecule has 0 saturated heterocycles. The summed E-state index contributed by atoms with van der Waals surface area (Å²) in [5.74, 6) is -0.375. The molecule has 1 amide bonds. The first-order valence-corrected chi connectivity index (χ1v) is 7.00. The molecule has 1 fully saturated rings. The minimum Gasteiger partial charge on any atom is -0.351 e. The van der Waals surface area contributed by atoms with Crippen LogP contribution in [0.2, 0.25) is 10.0 Å². The van der Waals surface area contributed by atoms with Crippen molar-refractivity contribution in [3.05, 3.63) is 37.9 Å². The summed E-state index contributed by atoms with van der Waals surface area (Å²) >= 11 is 11.6. The lowest BCUT2D eigenvalue weighted by Crippen LogP contribution is -2.39. The highest BCUT2D eigenvalue weighted by molar-refractivity contribution is 6.43. The molecule has 0 atom stereocenters. The van der Waals surface area contributed by atoms with Gasteiger partial charge in [-0.05, 0) is 24.3 Å². The number of hydrogen-bond donors (Lipinski definition) is 1. The summed E-state index contributed by atoms with van der Waals surface area (Å²) in [4.78, 5) is 22.2. The molecule has 0 unspecified atom stereocenters. The lowest BCUT2D eigenvalue weighted by Gasteiger charge is -2.38. The average Bonchev–Trinajstić information content (AvgIpc) is 2.36. The second-order valence-electron chi connectivity index (χ2n) is 5.40. The molecule has 0 aromatic heterocycles. The maximum Gasteiger partial charge on any atom is 0.290 e. The van der Waals surface area contributed by atoms with Crippen LogP contribution in [0.1, 0.15) is 36.5 Å². The summed E-state index contributed by atoms with van der Waals surface area (Å²) in [6.07, 6.45) is 3.33. The van der Waals surface area contributed by atoms with Crippen molar-refractivity contribution >= 4 is 34.8 Å². The third kappa shape index (κ3) is 3.04. The summed E-state index contributed by atoms with van der Waals surface area (Å²) in [6.45, 7) is 2.66. The molecule has 0 bridgehead atoms. The molecule has 0 aliphatic heterocycles. The van der Waals surface area contributed by atoms with E-state index in [9.17, 15) is 14.9 Å². The quantitative estimate of drug-likeness (QED) is 0.678. The van der Waals surface area contributed by atoms with Gasteiger partial charge in [-0.25, -0.2) is 0 Å². The van der Waals surface area contributed by atoms with Crippen LogP contribution in [0.3, 0.4) is 0 Å². The summed E-state index contributed by atoms with van der Waals surface area (Å²) in [5, 5.41) is 13.5. The van der Waals surface area contributed by atoms with Gasteiger partial charge >= 0.3 is 0 Å². The van der Waals surface area contributed by atoms with Crippen LogP contribution in [-0.2, 0) is 0 Å². The van der Waals surface area contributed by atoms with E-state index in [0.717, 1.165) is 18.9 Å². The van der Waals surface area contributed by atoms with Crippen LogP contribution in [0, 0.1) is 15.5 Å². The number of nitrogens with one attached hydrogen (secondary N) is 1. The number of nitro groups is 1. The van der Waals surface area contributed by atoms with Crippen molar-refractivity contribution in [2.75, 3.05) is 6.54 Å². The molecule has 5 nitrogen and oxygen atoms in total. The first kappa shape index (κ1) is 15.1. The number of carbonyl (C=O) groups excluding carboxylic acids is 1. The predicted octanol–water partition coefficient (Wildman–Crippen LogP) is 3.82. The first-order valence-electron chi connectivity index (χ1n) is 6.24. The molecule has 1 aromatic rings. The number of amides is 1. The van der Waals surface area contributed by atoms with Gasteiger partial charge in [0, 0.05) is 18.2 Å². The Morgan fingerprint density at radius 3 is 2.60 bits per heavy atom. The predicted molar refractivity (Wildman–Crippen MR) is 77.4 cm³/mol. The van der Waals surface area contributed by atoms with Crippen molar-refractivity contribution in [3.8, 4) is 0 Å². The van der Waals surface area contributed by atoms with Crippen molar-refractivity contribution < 1.29 is 9.72 Å². The van der Waals surface area contributed by atoms with E-state index >= 15 is 0 Å². The van der Waals surface area contributed by atoms with E-state index in [0.29, 0.717) is 6.54 Å². The number of carbonyl (C=O) groups is 1. The third-order valence-corrected chi connectivity index (χ3v) is 4.50. The molecule has 0 radical (unpaired) electrons. The largest absolute Gasteiger partial charge is 0.351 e.